The molecule has 0 saturated heterocycles. The van der Waals surface area contributed by atoms with Crippen LogP contribution in [-0.2, 0) is 6.42 Å². The van der Waals surface area contributed by atoms with E-state index in [1.807, 2.05) is 48.7 Å². The third kappa shape index (κ3) is 2.98. The van der Waals surface area contributed by atoms with Gasteiger partial charge in [-0.2, -0.15) is 4.98 Å². The van der Waals surface area contributed by atoms with Crippen molar-refractivity contribution < 1.29 is 4.52 Å². The quantitative estimate of drug-likeness (QED) is 0.598. The molecule has 0 bridgehead atoms. The van der Waals surface area contributed by atoms with Gasteiger partial charge in [0.1, 0.15) is 5.82 Å². The van der Waals surface area contributed by atoms with Crippen molar-refractivity contribution in [2.75, 3.05) is 11.9 Å². The average molecular weight is 337 g/mol. The Morgan fingerprint density at radius 3 is 2.79 bits per heavy atom. The number of anilines is 1. The topological polar surface area (TPSA) is 76.7 Å². The van der Waals surface area contributed by atoms with Crippen LogP contribution in [0.2, 0.25) is 0 Å². The van der Waals surface area contributed by atoms with E-state index < -0.39 is 0 Å². The van der Waals surface area contributed by atoms with Crippen molar-refractivity contribution >= 4 is 28.1 Å². The van der Waals surface area contributed by atoms with Crippen molar-refractivity contribution in [2.24, 2.45) is 0 Å². The molecule has 0 aliphatic heterocycles. The molecule has 0 spiro atoms. The van der Waals surface area contributed by atoms with Gasteiger partial charge in [0, 0.05) is 18.4 Å². The molecule has 120 valence electrons. The normalized spacial score (nSPS) is 11.0. The predicted octanol–water partition coefficient (Wildman–Crippen LogP) is 3.70. The molecule has 1 N–H and O–H groups in total. The highest BCUT2D eigenvalue weighted by atomic mass is 32.1. The fourth-order valence-corrected chi connectivity index (χ4v) is 3.11. The zero-order chi connectivity index (χ0) is 16.4. The Morgan fingerprint density at radius 2 is 2.00 bits per heavy atom. The highest BCUT2D eigenvalue weighted by molar-refractivity contribution is 7.13. The number of rotatable bonds is 5. The molecule has 0 aliphatic rings. The monoisotopic (exact) mass is 337 g/mol. The summed E-state index contributed by atoms with van der Waals surface area (Å²) in [6, 6.07) is 12.0. The average Bonchev–Trinajstić information content (AvgIpc) is 3.26. The maximum Gasteiger partial charge on any atom is 0.228 e. The molecule has 7 heteroatoms. The molecule has 6 nitrogen and oxygen atoms in total. The van der Waals surface area contributed by atoms with Crippen LogP contribution in [0.4, 0.5) is 5.82 Å². The molecule has 4 rings (SSSR count). The molecule has 0 unspecified atom stereocenters. The second-order valence-corrected chi connectivity index (χ2v) is 6.25. The SMILES string of the molecule is Cc1noc(CCNc2nc(-c3cccs3)nc3ccccc23)n1. The highest BCUT2D eigenvalue weighted by Crippen LogP contribution is 2.27. The molecule has 3 heterocycles. The molecular weight excluding hydrogens is 322 g/mol. The van der Waals surface area contributed by atoms with Gasteiger partial charge in [0.2, 0.25) is 5.89 Å². The molecule has 0 amide bonds. The molecular formula is C17H15N5OS. The number of benzene rings is 1. The first-order chi connectivity index (χ1) is 11.8. The lowest BCUT2D eigenvalue weighted by Gasteiger charge is -2.09. The Balaban J connectivity index is 1.63. The smallest absolute Gasteiger partial charge is 0.228 e. The minimum absolute atomic E-state index is 0.622. The number of hydrogen-bond donors (Lipinski definition) is 1. The summed E-state index contributed by atoms with van der Waals surface area (Å²) < 4.78 is 5.14. The number of nitrogens with one attached hydrogen (secondary N) is 1. The van der Waals surface area contributed by atoms with Crippen LogP contribution >= 0.6 is 11.3 Å². The summed E-state index contributed by atoms with van der Waals surface area (Å²) in [5.41, 5.74) is 0.923. The summed E-state index contributed by atoms with van der Waals surface area (Å²) in [7, 11) is 0. The summed E-state index contributed by atoms with van der Waals surface area (Å²) in [6.45, 7) is 2.47. The zero-order valence-electron chi connectivity index (χ0n) is 13.1. The van der Waals surface area contributed by atoms with Gasteiger partial charge in [-0.15, -0.1) is 11.3 Å². The Morgan fingerprint density at radius 1 is 1.08 bits per heavy atom. The van der Waals surface area contributed by atoms with Crippen LogP contribution in [0, 0.1) is 6.92 Å². The van der Waals surface area contributed by atoms with Crippen molar-refractivity contribution in [1.82, 2.24) is 20.1 Å². The fourth-order valence-electron chi connectivity index (χ4n) is 2.46. The Labute approximate surface area is 142 Å². The molecule has 0 atom stereocenters. The third-order valence-corrected chi connectivity index (χ3v) is 4.41. The first kappa shape index (κ1) is 14.8. The number of para-hydroxylation sites is 1. The van der Waals surface area contributed by atoms with Crippen LogP contribution in [0.3, 0.4) is 0 Å². The van der Waals surface area contributed by atoms with Crippen molar-refractivity contribution in [1.29, 1.82) is 0 Å². The summed E-state index contributed by atoms with van der Waals surface area (Å²) in [6.07, 6.45) is 0.646. The van der Waals surface area contributed by atoms with E-state index >= 15 is 0 Å². The van der Waals surface area contributed by atoms with E-state index in [1.54, 1.807) is 11.3 Å². The first-order valence-corrected chi connectivity index (χ1v) is 8.51. The van der Waals surface area contributed by atoms with Crippen molar-refractivity contribution in [2.45, 2.75) is 13.3 Å². The Hall–Kier alpha value is -2.80. The van der Waals surface area contributed by atoms with Gasteiger partial charge in [0.25, 0.3) is 0 Å². The van der Waals surface area contributed by atoms with Crippen LogP contribution in [0.1, 0.15) is 11.7 Å². The zero-order valence-corrected chi connectivity index (χ0v) is 13.9. The number of hydrogen-bond acceptors (Lipinski definition) is 7. The molecule has 3 aromatic heterocycles. The van der Waals surface area contributed by atoms with Crippen LogP contribution in [0.15, 0.2) is 46.3 Å². The van der Waals surface area contributed by atoms with Crippen molar-refractivity contribution in [3.8, 4) is 10.7 Å². The number of thiophene rings is 1. The molecule has 0 saturated carbocycles. The lowest BCUT2D eigenvalue weighted by atomic mass is 10.2. The fraction of sp³-hybridized carbons (Fsp3) is 0.176. The lowest BCUT2D eigenvalue weighted by Crippen LogP contribution is -2.08. The van der Waals surface area contributed by atoms with Gasteiger partial charge in [-0.05, 0) is 30.5 Å². The van der Waals surface area contributed by atoms with Crippen LogP contribution in [0.5, 0.6) is 0 Å². The number of nitrogens with zero attached hydrogens (tertiary/aromatic N) is 4. The van der Waals surface area contributed by atoms with Gasteiger partial charge in [-0.25, -0.2) is 9.97 Å². The largest absolute Gasteiger partial charge is 0.369 e. The van der Waals surface area contributed by atoms with Crippen molar-refractivity contribution in [3.05, 3.63) is 53.5 Å². The molecule has 4 aromatic rings. The maximum absolute atomic E-state index is 5.14. The Kier molecular flexibility index (Phi) is 3.92. The number of fused-ring (bicyclic) bond motifs is 1. The van der Waals surface area contributed by atoms with Gasteiger partial charge in [0.15, 0.2) is 11.6 Å². The second-order valence-electron chi connectivity index (χ2n) is 5.30. The van der Waals surface area contributed by atoms with E-state index in [1.165, 1.54) is 0 Å². The van der Waals surface area contributed by atoms with Gasteiger partial charge in [0.05, 0.1) is 10.4 Å². The highest BCUT2D eigenvalue weighted by Gasteiger charge is 2.10. The predicted molar refractivity (Wildman–Crippen MR) is 94.1 cm³/mol. The van der Waals surface area contributed by atoms with Gasteiger partial charge >= 0.3 is 0 Å². The third-order valence-electron chi connectivity index (χ3n) is 3.55. The lowest BCUT2D eigenvalue weighted by molar-refractivity contribution is 0.377. The van der Waals surface area contributed by atoms with Gasteiger partial charge in [-0.3, -0.25) is 0 Å². The molecule has 0 aliphatic carbocycles. The second kappa shape index (κ2) is 6.37. The summed E-state index contributed by atoms with van der Waals surface area (Å²) >= 11 is 1.63. The standard InChI is InChI=1S/C17H15N5OS/c1-11-19-15(23-22-11)8-9-18-16-12-5-2-3-6-13(12)20-17(21-16)14-7-4-10-24-14/h2-7,10H,8-9H2,1H3,(H,18,20,21). The summed E-state index contributed by atoms with van der Waals surface area (Å²) in [5, 5.41) is 10.2. The van der Waals surface area contributed by atoms with Gasteiger partial charge in [-0.1, -0.05) is 23.4 Å². The molecule has 24 heavy (non-hydrogen) atoms. The van der Waals surface area contributed by atoms with E-state index in [2.05, 4.69) is 20.4 Å². The summed E-state index contributed by atoms with van der Waals surface area (Å²) in [4.78, 5) is 14.6. The molecule has 0 radical (unpaired) electrons. The van der Waals surface area contributed by atoms with Gasteiger partial charge < -0.3 is 9.84 Å². The molecule has 0 fully saturated rings. The van der Waals surface area contributed by atoms with Crippen LogP contribution in [0.25, 0.3) is 21.6 Å². The van der Waals surface area contributed by atoms with Crippen molar-refractivity contribution in [3.63, 3.8) is 0 Å². The minimum atomic E-state index is 0.622. The number of aryl methyl sites for hydroxylation is 1. The first-order valence-electron chi connectivity index (χ1n) is 7.63. The minimum Gasteiger partial charge on any atom is -0.369 e. The summed E-state index contributed by atoms with van der Waals surface area (Å²) in [5.74, 6) is 2.83. The van der Waals surface area contributed by atoms with Crippen LogP contribution < -0.4 is 5.32 Å². The van der Waals surface area contributed by atoms with Crippen LogP contribution in [-0.4, -0.2) is 26.7 Å². The van der Waals surface area contributed by atoms with E-state index in [9.17, 15) is 0 Å². The van der Waals surface area contributed by atoms with E-state index in [0.29, 0.717) is 24.7 Å². The van der Waals surface area contributed by atoms with E-state index in [0.717, 1.165) is 27.4 Å². The van der Waals surface area contributed by atoms with E-state index in [4.69, 9.17) is 9.51 Å². The maximum atomic E-state index is 5.14. The Bertz CT molecular complexity index is 964. The number of aromatic nitrogens is 4. The molecule has 1 aromatic carbocycles. The van der Waals surface area contributed by atoms with E-state index in [-0.39, 0.29) is 0 Å².